The molecule has 0 aromatic rings. The van der Waals surface area contributed by atoms with Crippen LogP contribution in [-0.2, 0) is 14.3 Å². The quantitative estimate of drug-likeness (QED) is 0.578. The molecule has 0 aliphatic carbocycles. The Morgan fingerprint density at radius 3 is 2.76 bits per heavy atom. The van der Waals surface area contributed by atoms with Gasteiger partial charge in [-0.3, -0.25) is 9.59 Å². The second-order valence-corrected chi connectivity index (χ2v) is 4.92. The lowest BCUT2D eigenvalue weighted by molar-refractivity contribution is -0.155. The molecule has 2 aliphatic rings. The van der Waals surface area contributed by atoms with Crippen LogP contribution in [0.1, 0.15) is 26.2 Å². The summed E-state index contributed by atoms with van der Waals surface area (Å²) in [6.07, 6.45) is 1.75. The van der Waals surface area contributed by atoms with E-state index in [1.54, 1.807) is 0 Å². The molecule has 6 heteroatoms. The van der Waals surface area contributed by atoms with Crippen molar-refractivity contribution in [2.75, 3.05) is 13.1 Å². The summed E-state index contributed by atoms with van der Waals surface area (Å²) >= 11 is 0. The minimum atomic E-state index is -0.895. The molecule has 2 fully saturated rings. The molecule has 96 valence electrons. The number of esters is 1. The molecular formula is C11H18N2O4. The van der Waals surface area contributed by atoms with Gasteiger partial charge in [0.25, 0.3) is 0 Å². The topological polar surface area (TPSA) is 87.7 Å². The van der Waals surface area contributed by atoms with Crippen LogP contribution in [0.3, 0.4) is 0 Å². The Morgan fingerprint density at radius 2 is 2.24 bits per heavy atom. The van der Waals surface area contributed by atoms with Gasteiger partial charge in [0.2, 0.25) is 0 Å². The van der Waals surface area contributed by atoms with Gasteiger partial charge in [0.1, 0.15) is 17.7 Å². The van der Waals surface area contributed by atoms with E-state index in [0.29, 0.717) is 13.0 Å². The average Bonchev–Trinajstić information content (AvgIpc) is 2.88. The lowest BCUT2D eigenvalue weighted by Crippen LogP contribution is -2.47. The fraction of sp³-hybridized carbons (Fsp3) is 0.818. The van der Waals surface area contributed by atoms with Crippen molar-refractivity contribution in [2.45, 2.75) is 43.9 Å². The van der Waals surface area contributed by atoms with E-state index in [0.717, 1.165) is 19.4 Å². The normalized spacial score (nSPS) is 37.0. The van der Waals surface area contributed by atoms with E-state index in [-0.39, 0.29) is 12.1 Å². The first-order valence-corrected chi connectivity index (χ1v) is 5.93. The third-order valence-corrected chi connectivity index (χ3v) is 3.48. The van der Waals surface area contributed by atoms with E-state index in [4.69, 9.17) is 9.84 Å². The van der Waals surface area contributed by atoms with Crippen LogP contribution in [0.25, 0.3) is 0 Å². The maximum absolute atomic E-state index is 11.9. The zero-order valence-electron chi connectivity index (χ0n) is 9.86. The van der Waals surface area contributed by atoms with Gasteiger partial charge in [-0.1, -0.05) is 0 Å². The van der Waals surface area contributed by atoms with E-state index in [1.807, 2.05) is 6.92 Å². The molecule has 0 amide bonds. The maximum atomic E-state index is 11.9. The molecule has 3 atom stereocenters. The minimum absolute atomic E-state index is 0.271. The van der Waals surface area contributed by atoms with Crippen molar-refractivity contribution in [3.05, 3.63) is 0 Å². The van der Waals surface area contributed by atoms with Crippen molar-refractivity contribution in [3.63, 3.8) is 0 Å². The number of carbonyl (C=O) groups excluding carboxylic acids is 1. The molecular weight excluding hydrogens is 224 g/mol. The molecule has 2 saturated heterocycles. The summed E-state index contributed by atoms with van der Waals surface area (Å²) in [6.45, 7) is 3.07. The summed E-state index contributed by atoms with van der Waals surface area (Å²) in [5, 5.41) is 14.8. The second-order valence-electron chi connectivity index (χ2n) is 4.92. The predicted octanol–water partition coefficient (Wildman–Crippen LogP) is -0.513. The van der Waals surface area contributed by atoms with Crippen molar-refractivity contribution in [1.82, 2.24) is 10.6 Å². The summed E-state index contributed by atoms with van der Waals surface area (Å²) in [5.74, 6) is -1.17. The van der Waals surface area contributed by atoms with Crippen LogP contribution < -0.4 is 10.6 Å². The molecule has 0 radical (unpaired) electrons. The Morgan fingerprint density at radius 1 is 1.47 bits per heavy atom. The Hall–Kier alpha value is -1.14. The minimum Gasteiger partial charge on any atom is -0.480 e. The average molecular weight is 242 g/mol. The summed E-state index contributed by atoms with van der Waals surface area (Å²) in [4.78, 5) is 22.7. The number of rotatable bonds is 3. The van der Waals surface area contributed by atoms with Gasteiger partial charge in [0.15, 0.2) is 0 Å². The van der Waals surface area contributed by atoms with E-state index < -0.39 is 17.6 Å². The summed E-state index contributed by atoms with van der Waals surface area (Å²) < 4.78 is 5.35. The Bertz CT molecular complexity index is 325. The van der Waals surface area contributed by atoms with Crippen LogP contribution in [0.15, 0.2) is 0 Å². The number of carboxylic acid groups (broad SMARTS) is 1. The fourth-order valence-electron chi connectivity index (χ4n) is 2.33. The highest BCUT2D eigenvalue weighted by Gasteiger charge is 2.40. The third-order valence-electron chi connectivity index (χ3n) is 3.48. The lowest BCUT2D eigenvalue weighted by atomic mass is 10.0. The van der Waals surface area contributed by atoms with Crippen molar-refractivity contribution in [1.29, 1.82) is 0 Å². The number of carbonyl (C=O) groups is 2. The standard InChI is InChI=1S/C11H18N2O4/c1-11(3-2-4-13-11)10(16)17-7-5-8(9(14)15)12-6-7/h7-8,12-13H,2-6H2,1H3,(H,14,15)/t7-,8-,11?/m0/s1. The van der Waals surface area contributed by atoms with Gasteiger partial charge >= 0.3 is 11.9 Å². The van der Waals surface area contributed by atoms with Gasteiger partial charge in [-0.2, -0.15) is 0 Å². The Balaban J connectivity index is 1.86. The number of ether oxygens (including phenoxy) is 1. The second kappa shape index (κ2) is 4.62. The molecule has 2 heterocycles. The molecule has 0 spiro atoms. The van der Waals surface area contributed by atoms with Crippen LogP contribution in [0.5, 0.6) is 0 Å². The zero-order chi connectivity index (χ0) is 12.5. The molecule has 0 bridgehead atoms. The summed E-state index contributed by atoms with van der Waals surface area (Å²) in [5.41, 5.74) is -0.596. The highest BCUT2D eigenvalue weighted by Crippen LogP contribution is 2.22. The van der Waals surface area contributed by atoms with Gasteiger partial charge in [0.05, 0.1) is 0 Å². The summed E-state index contributed by atoms with van der Waals surface area (Å²) in [7, 11) is 0. The monoisotopic (exact) mass is 242 g/mol. The highest BCUT2D eigenvalue weighted by atomic mass is 16.5. The van der Waals surface area contributed by atoms with Crippen LogP contribution in [0.2, 0.25) is 0 Å². The number of nitrogens with one attached hydrogen (secondary N) is 2. The molecule has 0 aromatic heterocycles. The first-order valence-electron chi connectivity index (χ1n) is 5.93. The first-order chi connectivity index (χ1) is 8.01. The predicted molar refractivity (Wildman–Crippen MR) is 59.6 cm³/mol. The Labute approximate surface area is 99.7 Å². The van der Waals surface area contributed by atoms with E-state index in [9.17, 15) is 9.59 Å². The molecule has 0 saturated carbocycles. The number of hydrogen-bond donors (Lipinski definition) is 3. The van der Waals surface area contributed by atoms with Crippen molar-refractivity contribution in [2.24, 2.45) is 0 Å². The van der Waals surface area contributed by atoms with Crippen molar-refractivity contribution >= 4 is 11.9 Å². The van der Waals surface area contributed by atoms with Crippen molar-refractivity contribution in [3.8, 4) is 0 Å². The molecule has 6 nitrogen and oxygen atoms in total. The SMILES string of the molecule is CC1(C(=O)O[C@@H]2CN[C@H](C(=O)O)C2)CCCN1. The van der Waals surface area contributed by atoms with Gasteiger partial charge in [0, 0.05) is 13.0 Å². The van der Waals surface area contributed by atoms with Gasteiger partial charge < -0.3 is 20.5 Å². The molecule has 2 aliphatic heterocycles. The first kappa shape index (κ1) is 12.3. The largest absolute Gasteiger partial charge is 0.480 e. The number of carboxylic acids is 1. The van der Waals surface area contributed by atoms with E-state index in [2.05, 4.69) is 10.6 Å². The molecule has 17 heavy (non-hydrogen) atoms. The Kier molecular flexibility index (Phi) is 3.35. The summed E-state index contributed by atoms with van der Waals surface area (Å²) in [6, 6.07) is -0.600. The van der Waals surface area contributed by atoms with E-state index in [1.165, 1.54) is 0 Å². The molecule has 3 N–H and O–H groups in total. The van der Waals surface area contributed by atoms with E-state index >= 15 is 0 Å². The fourth-order valence-corrected chi connectivity index (χ4v) is 2.33. The maximum Gasteiger partial charge on any atom is 0.326 e. The van der Waals surface area contributed by atoms with Crippen LogP contribution in [0.4, 0.5) is 0 Å². The van der Waals surface area contributed by atoms with Crippen molar-refractivity contribution < 1.29 is 19.4 Å². The molecule has 2 rings (SSSR count). The smallest absolute Gasteiger partial charge is 0.326 e. The number of hydrogen-bond acceptors (Lipinski definition) is 5. The van der Waals surface area contributed by atoms with Gasteiger partial charge in [-0.25, -0.2) is 0 Å². The molecule has 0 aromatic carbocycles. The van der Waals surface area contributed by atoms with Crippen LogP contribution >= 0.6 is 0 Å². The van der Waals surface area contributed by atoms with Gasteiger partial charge in [-0.05, 0) is 26.3 Å². The van der Waals surface area contributed by atoms with Crippen LogP contribution in [-0.4, -0.2) is 47.8 Å². The van der Waals surface area contributed by atoms with Crippen LogP contribution in [0, 0.1) is 0 Å². The van der Waals surface area contributed by atoms with Gasteiger partial charge in [-0.15, -0.1) is 0 Å². The molecule has 1 unspecified atom stereocenters. The lowest BCUT2D eigenvalue weighted by Gasteiger charge is -2.24. The zero-order valence-corrected chi connectivity index (χ0v) is 9.86. The highest BCUT2D eigenvalue weighted by molar-refractivity contribution is 5.81. The third kappa shape index (κ3) is 2.58. The number of aliphatic carboxylic acids is 1.